The molecule has 1 aromatic carbocycles. The molecule has 2 aromatic rings. The molecule has 0 aliphatic heterocycles. The van der Waals surface area contributed by atoms with Gasteiger partial charge in [0.15, 0.2) is 0 Å². The highest BCUT2D eigenvalue weighted by molar-refractivity contribution is 6.30. The third-order valence-corrected chi connectivity index (χ3v) is 2.55. The lowest BCUT2D eigenvalue weighted by Crippen LogP contribution is -2.12. The van der Waals surface area contributed by atoms with Crippen LogP contribution in [0.5, 0.6) is 0 Å². The van der Waals surface area contributed by atoms with Crippen LogP contribution in [-0.2, 0) is 13.1 Å². The molecule has 98 valence electrons. The van der Waals surface area contributed by atoms with E-state index in [-0.39, 0.29) is 24.8 Å². The molecule has 0 spiro atoms. The molecule has 0 saturated heterocycles. The van der Waals surface area contributed by atoms with Crippen LogP contribution in [-0.4, -0.2) is 4.98 Å². The van der Waals surface area contributed by atoms with E-state index in [0.29, 0.717) is 0 Å². The van der Waals surface area contributed by atoms with Crippen LogP contribution in [0.25, 0.3) is 0 Å². The number of pyridine rings is 1. The van der Waals surface area contributed by atoms with Crippen molar-refractivity contribution in [2.45, 2.75) is 13.1 Å². The molecule has 0 amide bonds. The molecule has 0 aliphatic carbocycles. The molecule has 5 heteroatoms. The number of nitrogens with zero attached hydrogens (tertiary/aromatic N) is 1. The zero-order valence-electron chi connectivity index (χ0n) is 9.67. The number of benzene rings is 1. The largest absolute Gasteiger partial charge is 0.309 e. The molecule has 1 aromatic heterocycles. The molecule has 0 radical (unpaired) electrons. The Morgan fingerprint density at radius 1 is 0.944 bits per heavy atom. The topological polar surface area (TPSA) is 24.9 Å². The zero-order chi connectivity index (χ0) is 11.2. The van der Waals surface area contributed by atoms with E-state index in [9.17, 15) is 0 Å². The number of aromatic nitrogens is 1. The van der Waals surface area contributed by atoms with Gasteiger partial charge in [-0.2, -0.15) is 0 Å². The van der Waals surface area contributed by atoms with Gasteiger partial charge in [-0.05, 0) is 29.3 Å². The molecule has 0 aliphatic rings. The summed E-state index contributed by atoms with van der Waals surface area (Å²) >= 11 is 5.81. The molecular formula is C13H15Cl3N2. The summed E-state index contributed by atoms with van der Waals surface area (Å²) in [6, 6.07) is 11.9. The van der Waals surface area contributed by atoms with Crippen molar-refractivity contribution < 1.29 is 0 Å². The van der Waals surface area contributed by atoms with Crippen molar-refractivity contribution in [1.82, 2.24) is 10.3 Å². The first kappa shape index (κ1) is 17.2. The van der Waals surface area contributed by atoms with Crippen molar-refractivity contribution in [1.29, 1.82) is 0 Å². The van der Waals surface area contributed by atoms with E-state index in [1.54, 1.807) is 6.20 Å². The quantitative estimate of drug-likeness (QED) is 0.927. The van der Waals surface area contributed by atoms with Gasteiger partial charge in [0.25, 0.3) is 0 Å². The molecule has 0 bridgehead atoms. The van der Waals surface area contributed by atoms with E-state index in [4.69, 9.17) is 11.6 Å². The van der Waals surface area contributed by atoms with Crippen molar-refractivity contribution in [3.05, 3.63) is 64.9 Å². The molecule has 0 unspecified atom stereocenters. The van der Waals surface area contributed by atoms with Gasteiger partial charge < -0.3 is 5.32 Å². The number of nitrogens with one attached hydrogen (secondary N) is 1. The standard InChI is InChI=1S/C13H13ClN2.2ClH/c14-13-5-3-11(4-6-13)8-16-10-12-2-1-7-15-9-12;;/h1-7,9,16H,8,10H2;2*1H. The summed E-state index contributed by atoms with van der Waals surface area (Å²) in [6.07, 6.45) is 3.65. The van der Waals surface area contributed by atoms with Crippen molar-refractivity contribution in [2.75, 3.05) is 0 Å². The summed E-state index contributed by atoms with van der Waals surface area (Å²) in [4.78, 5) is 4.06. The third kappa shape index (κ3) is 5.69. The summed E-state index contributed by atoms with van der Waals surface area (Å²) in [5, 5.41) is 4.13. The van der Waals surface area contributed by atoms with Crippen LogP contribution in [0, 0.1) is 0 Å². The van der Waals surface area contributed by atoms with Crippen LogP contribution < -0.4 is 5.32 Å². The van der Waals surface area contributed by atoms with Crippen LogP contribution in [0.3, 0.4) is 0 Å². The van der Waals surface area contributed by atoms with Gasteiger partial charge in [-0.15, -0.1) is 24.8 Å². The van der Waals surface area contributed by atoms with Gasteiger partial charge in [0.1, 0.15) is 0 Å². The molecule has 18 heavy (non-hydrogen) atoms. The average molecular weight is 306 g/mol. The Morgan fingerprint density at radius 3 is 2.22 bits per heavy atom. The fourth-order valence-corrected chi connectivity index (χ4v) is 1.58. The Labute approximate surface area is 125 Å². The van der Waals surface area contributed by atoms with Crippen molar-refractivity contribution >= 4 is 36.4 Å². The Hall–Kier alpha value is -0.800. The number of hydrogen-bond acceptors (Lipinski definition) is 2. The summed E-state index contributed by atoms with van der Waals surface area (Å²) in [5.74, 6) is 0. The lowest BCUT2D eigenvalue weighted by Gasteiger charge is -2.04. The van der Waals surface area contributed by atoms with Gasteiger partial charge in [0.05, 0.1) is 0 Å². The first-order chi connectivity index (χ1) is 7.84. The van der Waals surface area contributed by atoms with Crippen molar-refractivity contribution in [3.8, 4) is 0 Å². The van der Waals surface area contributed by atoms with Crippen LogP contribution in [0.4, 0.5) is 0 Å². The smallest absolute Gasteiger partial charge is 0.0406 e. The van der Waals surface area contributed by atoms with E-state index in [1.807, 2.05) is 36.5 Å². The second-order valence-electron chi connectivity index (χ2n) is 3.59. The lowest BCUT2D eigenvalue weighted by molar-refractivity contribution is 0.691. The number of hydrogen-bond donors (Lipinski definition) is 1. The van der Waals surface area contributed by atoms with Gasteiger partial charge in [0.2, 0.25) is 0 Å². The average Bonchev–Trinajstić information content (AvgIpc) is 2.33. The molecule has 0 atom stereocenters. The monoisotopic (exact) mass is 304 g/mol. The first-order valence-electron chi connectivity index (χ1n) is 5.18. The maximum atomic E-state index is 5.81. The number of halogens is 3. The highest BCUT2D eigenvalue weighted by atomic mass is 35.5. The highest BCUT2D eigenvalue weighted by Gasteiger charge is 1.94. The van der Waals surface area contributed by atoms with Crippen LogP contribution >= 0.6 is 36.4 Å². The molecule has 0 fully saturated rings. The minimum Gasteiger partial charge on any atom is -0.309 e. The second-order valence-corrected chi connectivity index (χ2v) is 4.03. The number of rotatable bonds is 4. The highest BCUT2D eigenvalue weighted by Crippen LogP contribution is 2.09. The minimum absolute atomic E-state index is 0. The van der Waals surface area contributed by atoms with Crippen LogP contribution in [0.1, 0.15) is 11.1 Å². The normalized spacial score (nSPS) is 9.17. The van der Waals surface area contributed by atoms with E-state index in [0.717, 1.165) is 18.1 Å². The third-order valence-electron chi connectivity index (χ3n) is 2.29. The van der Waals surface area contributed by atoms with Crippen molar-refractivity contribution in [2.24, 2.45) is 0 Å². The van der Waals surface area contributed by atoms with Crippen LogP contribution in [0.2, 0.25) is 5.02 Å². The Bertz CT molecular complexity index is 432. The molecule has 2 rings (SSSR count). The van der Waals surface area contributed by atoms with Gasteiger partial charge in [-0.1, -0.05) is 29.8 Å². The van der Waals surface area contributed by atoms with E-state index in [1.165, 1.54) is 11.1 Å². The fourth-order valence-electron chi connectivity index (χ4n) is 1.46. The van der Waals surface area contributed by atoms with E-state index < -0.39 is 0 Å². The van der Waals surface area contributed by atoms with Gasteiger partial charge in [0, 0.05) is 30.5 Å². The first-order valence-corrected chi connectivity index (χ1v) is 5.56. The van der Waals surface area contributed by atoms with E-state index >= 15 is 0 Å². The summed E-state index contributed by atoms with van der Waals surface area (Å²) in [6.45, 7) is 1.67. The lowest BCUT2D eigenvalue weighted by atomic mass is 10.2. The maximum Gasteiger partial charge on any atom is 0.0406 e. The predicted octanol–water partition coefficient (Wildman–Crippen LogP) is 3.87. The van der Waals surface area contributed by atoms with Crippen LogP contribution in [0.15, 0.2) is 48.8 Å². The summed E-state index contributed by atoms with van der Waals surface area (Å²) in [5.41, 5.74) is 2.42. The van der Waals surface area contributed by atoms with Gasteiger partial charge in [-0.25, -0.2) is 0 Å². The van der Waals surface area contributed by atoms with Crippen molar-refractivity contribution in [3.63, 3.8) is 0 Å². The van der Waals surface area contributed by atoms with Gasteiger partial charge >= 0.3 is 0 Å². The molecule has 1 N–H and O–H groups in total. The summed E-state index contributed by atoms with van der Waals surface area (Å²) in [7, 11) is 0. The Kier molecular flexibility index (Phi) is 8.77. The molecule has 2 nitrogen and oxygen atoms in total. The van der Waals surface area contributed by atoms with E-state index in [2.05, 4.69) is 16.4 Å². The maximum absolute atomic E-state index is 5.81. The molecular weight excluding hydrogens is 291 g/mol. The minimum atomic E-state index is 0. The fraction of sp³-hybridized carbons (Fsp3) is 0.154. The second kappa shape index (κ2) is 9.17. The SMILES string of the molecule is Cl.Cl.Clc1ccc(CNCc2cccnc2)cc1. The van der Waals surface area contributed by atoms with Gasteiger partial charge in [-0.3, -0.25) is 4.98 Å². The molecule has 1 heterocycles. The summed E-state index contributed by atoms with van der Waals surface area (Å²) < 4.78 is 0. The Morgan fingerprint density at radius 2 is 1.61 bits per heavy atom. The Balaban J connectivity index is 0.00000144. The molecule has 0 saturated carbocycles. The zero-order valence-corrected chi connectivity index (χ0v) is 12.1. The predicted molar refractivity (Wildman–Crippen MR) is 80.7 cm³/mol.